The van der Waals surface area contributed by atoms with Gasteiger partial charge in [0.15, 0.2) is 0 Å². The molecule has 27 heavy (non-hydrogen) atoms. The molecule has 1 aliphatic carbocycles. The monoisotopic (exact) mass is 451 g/mol. The van der Waals surface area contributed by atoms with E-state index in [1.165, 1.54) is 34.3 Å². The number of benzene rings is 2. The number of hydrogen-bond acceptors (Lipinski definition) is 0. The minimum absolute atomic E-state index is 0. The van der Waals surface area contributed by atoms with Crippen molar-refractivity contribution in [2.75, 3.05) is 6.16 Å². The molecule has 2 aromatic carbocycles. The van der Waals surface area contributed by atoms with Gasteiger partial charge in [0.25, 0.3) is 0 Å². The zero-order chi connectivity index (χ0) is 18.0. The van der Waals surface area contributed by atoms with Crippen LogP contribution in [0.5, 0.6) is 0 Å². The molecule has 141 valence electrons. The van der Waals surface area contributed by atoms with Crippen LogP contribution in [0, 0.1) is 0 Å². The summed E-state index contributed by atoms with van der Waals surface area (Å²) in [4.78, 5) is 0. The zero-order valence-corrected chi connectivity index (χ0v) is 20.4. The van der Waals surface area contributed by atoms with Gasteiger partial charge in [-0.15, -0.1) is 0 Å². The van der Waals surface area contributed by atoms with E-state index in [1.807, 2.05) is 0 Å². The normalized spacial score (nSPS) is 15.7. The van der Waals surface area contributed by atoms with Crippen LogP contribution in [0.3, 0.4) is 0 Å². The van der Waals surface area contributed by atoms with Gasteiger partial charge in [-0.2, -0.15) is 0 Å². The van der Waals surface area contributed by atoms with Crippen molar-refractivity contribution in [1.82, 2.24) is 0 Å². The molecule has 2 aromatic rings. The first kappa shape index (κ1) is 24.7. The first-order chi connectivity index (χ1) is 11.9. The van der Waals surface area contributed by atoms with Crippen LogP contribution in [-0.2, 0) is 20.4 Å². The van der Waals surface area contributed by atoms with E-state index in [-0.39, 0.29) is 36.5 Å². The van der Waals surface area contributed by atoms with Crippen LogP contribution in [0.25, 0.3) is 0 Å². The molecule has 0 heterocycles. The SMILES string of the molecule is CC1=C(C)[C]([Ti+2])(CCP(c2ccccc2)c2ccccc2)C(C)=C1C.[Cl-].[Cl-]. The van der Waals surface area contributed by atoms with Crippen LogP contribution < -0.4 is 35.4 Å². The second-order valence-electron chi connectivity index (χ2n) is 6.98. The molecule has 0 aromatic heterocycles. The van der Waals surface area contributed by atoms with Crippen LogP contribution in [0.15, 0.2) is 83.0 Å². The Morgan fingerprint density at radius 3 is 1.44 bits per heavy atom. The number of allylic oxidation sites excluding steroid dienone is 4. The Balaban J connectivity index is 0.00000182. The maximum absolute atomic E-state index is 2.45. The molecular weight excluding hydrogens is 426 g/mol. The first-order valence-electron chi connectivity index (χ1n) is 8.94. The third-order valence-corrected chi connectivity index (χ3v) is 9.89. The van der Waals surface area contributed by atoms with Crippen molar-refractivity contribution >= 4 is 18.5 Å². The molecule has 0 aliphatic heterocycles. The third kappa shape index (κ3) is 4.98. The van der Waals surface area contributed by atoms with Crippen LogP contribution in [0.4, 0.5) is 0 Å². The molecule has 0 fully saturated rings. The Labute approximate surface area is 189 Å². The van der Waals surface area contributed by atoms with Crippen molar-refractivity contribution < 1.29 is 45.2 Å². The molecule has 0 saturated heterocycles. The minimum Gasteiger partial charge on any atom is -1.00 e. The van der Waals surface area contributed by atoms with Gasteiger partial charge in [-0.25, -0.2) is 0 Å². The molecule has 0 atom stereocenters. The van der Waals surface area contributed by atoms with Crippen molar-refractivity contribution in [2.24, 2.45) is 0 Å². The van der Waals surface area contributed by atoms with Crippen molar-refractivity contribution in [1.29, 1.82) is 0 Å². The molecule has 0 unspecified atom stereocenters. The van der Waals surface area contributed by atoms with Crippen LogP contribution in [0.1, 0.15) is 34.1 Å². The van der Waals surface area contributed by atoms with Crippen LogP contribution >= 0.6 is 7.92 Å². The quantitative estimate of drug-likeness (QED) is 0.440. The van der Waals surface area contributed by atoms with Crippen molar-refractivity contribution in [3.8, 4) is 0 Å². The van der Waals surface area contributed by atoms with Gasteiger partial charge in [0.2, 0.25) is 0 Å². The van der Waals surface area contributed by atoms with E-state index >= 15 is 0 Å². The molecular formula is C23H26Cl2PTi. The fraction of sp³-hybridized carbons (Fsp3) is 0.304. The molecule has 0 saturated carbocycles. The molecule has 0 amide bonds. The van der Waals surface area contributed by atoms with Gasteiger partial charge < -0.3 is 24.8 Å². The van der Waals surface area contributed by atoms with Crippen molar-refractivity contribution in [3.05, 3.63) is 83.0 Å². The average Bonchev–Trinajstić information content (AvgIpc) is 2.80. The van der Waals surface area contributed by atoms with E-state index in [2.05, 4.69) is 109 Å². The zero-order valence-electron chi connectivity index (χ0n) is 16.4. The Morgan fingerprint density at radius 1 is 0.704 bits per heavy atom. The van der Waals surface area contributed by atoms with Gasteiger partial charge in [0.05, 0.1) is 0 Å². The van der Waals surface area contributed by atoms with E-state index in [0.717, 1.165) is 0 Å². The minimum atomic E-state index is -0.311. The van der Waals surface area contributed by atoms with E-state index in [1.54, 1.807) is 11.1 Å². The fourth-order valence-corrected chi connectivity index (χ4v) is 7.31. The van der Waals surface area contributed by atoms with E-state index in [4.69, 9.17) is 0 Å². The molecule has 0 spiro atoms. The summed E-state index contributed by atoms with van der Waals surface area (Å²) in [5.41, 5.74) is 6.14. The van der Waals surface area contributed by atoms with E-state index in [9.17, 15) is 0 Å². The molecule has 0 bridgehead atoms. The first-order valence-corrected chi connectivity index (χ1v) is 11.2. The van der Waals surface area contributed by atoms with Crippen molar-refractivity contribution in [2.45, 2.75) is 37.8 Å². The van der Waals surface area contributed by atoms with Gasteiger partial charge in [-0.3, -0.25) is 0 Å². The molecule has 0 N–H and O–H groups in total. The smallest absolute Gasteiger partial charge is 1.00 e. The molecule has 4 heteroatoms. The summed E-state index contributed by atoms with van der Waals surface area (Å²) in [7, 11) is -0.311. The maximum Gasteiger partial charge on any atom is -1.00 e. The second-order valence-corrected chi connectivity index (χ2v) is 10.6. The predicted molar refractivity (Wildman–Crippen MR) is 108 cm³/mol. The largest absolute Gasteiger partial charge is 1.00 e. The van der Waals surface area contributed by atoms with E-state index < -0.39 is 0 Å². The number of halogens is 2. The van der Waals surface area contributed by atoms with Crippen LogP contribution in [0.2, 0.25) is 3.72 Å². The van der Waals surface area contributed by atoms with Gasteiger partial charge in [-0.05, 0) is 0 Å². The Morgan fingerprint density at radius 2 is 1.07 bits per heavy atom. The standard InChI is InChI=1S/C23H26P.2ClH.Ti/c1-17-18(2)20(4)23(19(17)3)15-16-24(21-11-7-5-8-12-21)22-13-9-6-10-14-22;;;/h5-14H,15-16H2,1-4H3;2*1H;/q;;;+2/p-2. The molecule has 0 radical (unpaired) electrons. The Kier molecular flexibility index (Phi) is 9.53. The van der Waals surface area contributed by atoms with Gasteiger partial charge >= 0.3 is 166 Å². The molecule has 0 nitrogen and oxygen atoms in total. The Bertz CT molecular complexity index is 749. The maximum atomic E-state index is 2.45. The predicted octanol–water partition coefficient (Wildman–Crippen LogP) is -0.0907. The summed E-state index contributed by atoms with van der Waals surface area (Å²) in [5, 5.41) is 2.98. The molecule has 1 aliphatic rings. The average molecular weight is 452 g/mol. The Hall–Kier alpha value is -0.356. The van der Waals surface area contributed by atoms with Gasteiger partial charge in [0.1, 0.15) is 0 Å². The summed E-state index contributed by atoms with van der Waals surface area (Å²) in [6, 6.07) is 22.2. The summed E-state index contributed by atoms with van der Waals surface area (Å²) >= 11 is 2.45. The summed E-state index contributed by atoms with van der Waals surface area (Å²) < 4.78 is 0.221. The molecule has 3 rings (SSSR count). The van der Waals surface area contributed by atoms with Crippen LogP contribution in [-0.4, -0.2) is 6.16 Å². The van der Waals surface area contributed by atoms with Gasteiger partial charge in [0, 0.05) is 0 Å². The number of hydrogen-bond donors (Lipinski definition) is 0. The van der Waals surface area contributed by atoms with Crippen molar-refractivity contribution in [3.63, 3.8) is 0 Å². The van der Waals surface area contributed by atoms with E-state index in [0.29, 0.717) is 0 Å². The fourth-order valence-electron chi connectivity index (χ4n) is 3.76. The third-order valence-electron chi connectivity index (χ3n) is 5.81. The summed E-state index contributed by atoms with van der Waals surface area (Å²) in [5.74, 6) is 0. The summed E-state index contributed by atoms with van der Waals surface area (Å²) in [6.45, 7) is 9.25. The van der Waals surface area contributed by atoms with Gasteiger partial charge in [-0.1, -0.05) is 0 Å². The topological polar surface area (TPSA) is 0 Å². The second kappa shape index (κ2) is 10.4. The number of rotatable bonds is 5. The summed E-state index contributed by atoms with van der Waals surface area (Å²) in [6.07, 6.45) is 2.45.